The summed E-state index contributed by atoms with van der Waals surface area (Å²) in [7, 11) is 0. The molecule has 0 fully saturated rings. The quantitative estimate of drug-likeness (QED) is 0.656. The van der Waals surface area contributed by atoms with Crippen LogP contribution in [0.15, 0.2) is 42.7 Å². The zero-order chi connectivity index (χ0) is 14.1. The molecule has 5 nitrogen and oxygen atoms in total. The predicted octanol–water partition coefficient (Wildman–Crippen LogP) is 2.95. The van der Waals surface area contributed by atoms with E-state index in [2.05, 4.69) is 76.0 Å². The zero-order valence-electron chi connectivity index (χ0n) is 12.3. The average Bonchev–Trinajstić information content (AvgIpc) is 2.41. The Hall–Kier alpha value is -1.77. The fourth-order valence-electron chi connectivity index (χ4n) is 2.12. The van der Waals surface area contributed by atoms with E-state index in [0.717, 1.165) is 22.4 Å². The van der Waals surface area contributed by atoms with Crippen molar-refractivity contribution in [3.8, 4) is 0 Å². The van der Waals surface area contributed by atoms with Crippen LogP contribution < -0.4 is 5.32 Å². The van der Waals surface area contributed by atoms with E-state index in [1.54, 1.807) is 6.33 Å². The van der Waals surface area contributed by atoms with E-state index < -0.39 is 0 Å². The number of hydrogen-bond donors (Lipinski definition) is 1. The molecule has 116 valence electrons. The van der Waals surface area contributed by atoms with Gasteiger partial charge in [-0.05, 0) is 77.9 Å². The predicted molar refractivity (Wildman–Crippen MR) is 98.7 cm³/mol. The van der Waals surface area contributed by atoms with Crippen LogP contribution in [0.2, 0.25) is 0 Å². The number of anilines is 2. The smallest absolute Gasteiger partial charge is 0.141 e. The van der Waals surface area contributed by atoms with Gasteiger partial charge in [-0.2, -0.15) is 0 Å². The molecule has 0 bridgehead atoms. The number of nitrogens with zero attached hydrogens (tertiary/aromatic N) is 2. The molecule has 0 aliphatic carbocycles. The molecule has 2 aromatic carbocycles. The Kier molecular flexibility index (Phi) is 6.21. The highest BCUT2D eigenvalue weighted by atomic mass is 127. The molecule has 0 saturated heterocycles. The number of fused-ring (bicyclic) bond motifs is 1. The molecule has 0 spiro atoms. The van der Waals surface area contributed by atoms with Crippen molar-refractivity contribution >= 4 is 45.0 Å². The lowest BCUT2D eigenvalue weighted by molar-refractivity contribution is 0.823. The SMILES string of the molecule is Cc1cc2ncnc(Nc3cccc(I)c3)c2cc1C.O.O. The maximum atomic E-state index is 4.38. The molecular weight excluding hydrogens is 393 g/mol. The summed E-state index contributed by atoms with van der Waals surface area (Å²) >= 11 is 2.30. The number of aryl methyl sites for hydroxylation is 2. The molecule has 0 atom stereocenters. The van der Waals surface area contributed by atoms with Crippen LogP contribution in [0.1, 0.15) is 11.1 Å². The van der Waals surface area contributed by atoms with E-state index in [-0.39, 0.29) is 11.0 Å². The Balaban J connectivity index is 0.00000121. The summed E-state index contributed by atoms with van der Waals surface area (Å²) in [6, 6.07) is 12.5. The van der Waals surface area contributed by atoms with Crippen LogP contribution in [0.25, 0.3) is 10.9 Å². The Labute approximate surface area is 142 Å². The first-order chi connectivity index (χ1) is 9.63. The second-order valence-corrected chi connectivity index (χ2v) is 6.06. The van der Waals surface area contributed by atoms with Gasteiger partial charge in [0.2, 0.25) is 0 Å². The van der Waals surface area contributed by atoms with Crippen molar-refractivity contribution in [2.75, 3.05) is 5.32 Å². The van der Waals surface area contributed by atoms with Crippen molar-refractivity contribution in [3.05, 3.63) is 57.4 Å². The van der Waals surface area contributed by atoms with Gasteiger partial charge in [0.25, 0.3) is 0 Å². The Bertz CT molecular complexity index is 793. The third-order valence-electron chi connectivity index (χ3n) is 3.34. The van der Waals surface area contributed by atoms with Crippen LogP contribution in [-0.4, -0.2) is 20.9 Å². The number of rotatable bonds is 2. The molecule has 6 heteroatoms. The second kappa shape index (κ2) is 7.48. The molecule has 3 rings (SSSR count). The van der Waals surface area contributed by atoms with Gasteiger partial charge in [0.15, 0.2) is 0 Å². The lowest BCUT2D eigenvalue weighted by Gasteiger charge is -2.10. The summed E-state index contributed by atoms with van der Waals surface area (Å²) in [6.07, 6.45) is 1.60. The molecular formula is C16H18IN3O2. The standard InChI is InChI=1S/C16H14IN3.2H2O/c1-10-6-14-15(7-11(10)2)18-9-19-16(14)20-13-5-3-4-12(17)8-13;;/h3-9H,1-2H3,(H,18,19,20);2*1H2. The Morgan fingerprint density at radius 2 is 1.68 bits per heavy atom. The minimum Gasteiger partial charge on any atom is -0.412 e. The summed E-state index contributed by atoms with van der Waals surface area (Å²) < 4.78 is 1.19. The largest absolute Gasteiger partial charge is 0.412 e. The van der Waals surface area contributed by atoms with Crippen molar-refractivity contribution in [1.29, 1.82) is 0 Å². The van der Waals surface area contributed by atoms with Crippen LogP contribution >= 0.6 is 22.6 Å². The van der Waals surface area contributed by atoms with Gasteiger partial charge < -0.3 is 16.3 Å². The molecule has 1 aromatic heterocycles. The molecule has 1 heterocycles. The normalized spacial score (nSPS) is 9.77. The monoisotopic (exact) mass is 411 g/mol. The first-order valence-electron chi connectivity index (χ1n) is 6.38. The van der Waals surface area contributed by atoms with Crippen LogP contribution in [0.3, 0.4) is 0 Å². The summed E-state index contributed by atoms with van der Waals surface area (Å²) in [5, 5.41) is 4.43. The van der Waals surface area contributed by atoms with E-state index in [1.807, 2.05) is 12.1 Å². The molecule has 0 aliphatic heterocycles. The van der Waals surface area contributed by atoms with E-state index in [9.17, 15) is 0 Å². The number of halogens is 1. The number of aromatic nitrogens is 2. The van der Waals surface area contributed by atoms with Gasteiger partial charge >= 0.3 is 0 Å². The topological polar surface area (TPSA) is 101 Å². The Morgan fingerprint density at radius 1 is 0.955 bits per heavy atom. The number of nitrogens with one attached hydrogen (secondary N) is 1. The highest BCUT2D eigenvalue weighted by molar-refractivity contribution is 14.1. The molecule has 0 unspecified atom stereocenters. The van der Waals surface area contributed by atoms with Crippen molar-refractivity contribution < 1.29 is 11.0 Å². The van der Waals surface area contributed by atoms with Crippen molar-refractivity contribution in [2.45, 2.75) is 13.8 Å². The lowest BCUT2D eigenvalue weighted by atomic mass is 10.1. The molecule has 22 heavy (non-hydrogen) atoms. The van der Waals surface area contributed by atoms with Gasteiger partial charge in [-0.25, -0.2) is 9.97 Å². The third-order valence-corrected chi connectivity index (χ3v) is 4.01. The fraction of sp³-hybridized carbons (Fsp3) is 0.125. The summed E-state index contributed by atoms with van der Waals surface area (Å²) in [4.78, 5) is 8.73. The molecule has 0 amide bonds. The minimum absolute atomic E-state index is 0. The number of hydrogen-bond acceptors (Lipinski definition) is 3. The molecule has 5 N–H and O–H groups in total. The van der Waals surface area contributed by atoms with E-state index in [0.29, 0.717) is 0 Å². The Morgan fingerprint density at radius 3 is 2.41 bits per heavy atom. The number of benzene rings is 2. The second-order valence-electron chi connectivity index (χ2n) is 4.81. The van der Waals surface area contributed by atoms with Crippen molar-refractivity contribution in [3.63, 3.8) is 0 Å². The van der Waals surface area contributed by atoms with Gasteiger partial charge in [-0.15, -0.1) is 0 Å². The maximum Gasteiger partial charge on any atom is 0.141 e. The summed E-state index contributed by atoms with van der Waals surface area (Å²) in [5.74, 6) is 0.847. The van der Waals surface area contributed by atoms with Gasteiger partial charge in [-0.3, -0.25) is 0 Å². The fourth-order valence-corrected chi connectivity index (χ4v) is 2.66. The van der Waals surface area contributed by atoms with Crippen LogP contribution in [-0.2, 0) is 0 Å². The van der Waals surface area contributed by atoms with Crippen LogP contribution in [0, 0.1) is 17.4 Å². The first kappa shape index (κ1) is 18.3. The van der Waals surface area contributed by atoms with E-state index in [4.69, 9.17) is 0 Å². The van der Waals surface area contributed by atoms with Crippen molar-refractivity contribution in [1.82, 2.24) is 9.97 Å². The summed E-state index contributed by atoms with van der Waals surface area (Å²) in [5.41, 5.74) is 4.50. The minimum atomic E-state index is 0. The van der Waals surface area contributed by atoms with Gasteiger partial charge in [0, 0.05) is 14.6 Å². The third kappa shape index (κ3) is 3.70. The zero-order valence-corrected chi connectivity index (χ0v) is 14.5. The highest BCUT2D eigenvalue weighted by Gasteiger charge is 2.06. The maximum absolute atomic E-state index is 4.38. The molecule has 0 aliphatic rings. The average molecular weight is 411 g/mol. The lowest BCUT2D eigenvalue weighted by Crippen LogP contribution is -1.97. The molecule has 0 saturated carbocycles. The molecule has 0 radical (unpaired) electrons. The molecule has 3 aromatic rings. The van der Waals surface area contributed by atoms with Crippen LogP contribution in [0.5, 0.6) is 0 Å². The first-order valence-corrected chi connectivity index (χ1v) is 7.46. The van der Waals surface area contributed by atoms with Gasteiger partial charge in [0.05, 0.1) is 5.52 Å². The summed E-state index contributed by atoms with van der Waals surface area (Å²) in [6.45, 7) is 4.21. The van der Waals surface area contributed by atoms with E-state index in [1.165, 1.54) is 14.7 Å². The van der Waals surface area contributed by atoms with Crippen LogP contribution in [0.4, 0.5) is 11.5 Å². The van der Waals surface area contributed by atoms with E-state index >= 15 is 0 Å². The van der Waals surface area contributed by atoms with Crippen molar-refractivity contribution in [2.24, 2.45) is 0 Å². The van der Waals surface area contributed by atoms with Gasteiger partial charge in [-0.1, -0.05) is 6.07 Å². The van der Waals surface area contributed by atoms with Gasteiger partial charge in [0.1, 0.15) is 12.1 Å². The highest BCUT2D eigenvalue weighted by Crippen LogP contribution is 2.26.